The summed E-state index contributed by atoms with van der Waals surface area (Å²) < 4.78 is 11.0. The summed E-state index contributed by atoms with van der Waals surface area (Å²) in [7, 11) is 0. The standard InChI is InChI=1S/C24H26Cl2N2O5/c1-22(2,31)15-3-5-16(6-4-15)32-10-20(29)27-23-12-24(13-23,14-23)28-21(30)11-33-17-7-8-18(25)19(26)9-17/h3-9,31H,10-14H2,1-2H3,(H,27,29)(H,28,30). The maximum atomic E-state index is 12.3. The van der Waals surface area contributed by atoms with Gasteiger partial charge in [-0.3, -0.25) is 9.59 Å². The first-order valence-corrected chi connectivity index (χ1v) is 11.4. The van der Waals surface area contributed by atoms with Gasteiger partial charge in [-0.05, 0) is 62.9 Å². The highest BCUT2D eigenvalue weighted by atomic mass is 35.5. The second-order valence-electron chi connectivity index (χ2n) is 9.42. The van der Waals surface area contributed by atoms with Gasteiger partial charge in [-0.25, -0.2) is 0 Å². The first kappa shape index (κ1) is 23.7. The van der Waals surface area contributed by atoms with E-state index in [4.69, 9.17) is 32.7 Å². The molecule has 3 saturated carbocycles. The molecule has 0 saturated heterocycles. The normalized spacial score (nSPS) is 23.1. The zero-order chi connectivity index (χ0) is 23.9. The Balaban J connectivity index is 1.16. The second-order valence-corrected chi connectivity index (χ2v) is 10.2. The summed E-state index contributed by atoms with van der Waals surface area (Å²) >= 11 is 11.8. The average Bonchev–Trinajstić information content (AvgIpc) is 2.70. The molecule has 2 amide bonds. The van der Waals surface area contributed by atoms with Crippen LogP contribution >= 0.6 is 23.2 Å². The summed E-state index contributed by atoms with van der Waals surface area (Å²) in [6.45, 7) is 3.19. The monoisotopic (exact) mass is 492 g/mol. The summed E-state index contributed by atoms with van der Waals surface area (Å²) in [5.74, 6) is 0.597. The van der Waals surface area contributed by atoms with Crippen LogP contribution in [0.1, 0.15) is 38.7 Å². The lowest BCUT2D eigenvalue weighted by Gasteiger charge is -2.70. The molecule has 176 valence electrons. The van der Waals surface area contributed by atoms with Crippen molar-refractivity contribution in [3.8, 4) is 11.5 Å². The minimum Gasteiger partial charge on any atom is -0.484 e. The Morgan fingerprint density at radius 1 is 0.879 bits per heavy atom. The lowest BCUT2D eigenvalue weighted by molar-refractivity contribution is -0.151. The van der Waals surface area contributed by atoms with E-state index < -0.39 is 5.60 Å². The molecule has 0 aromatic heterocycles. The molecule has 2 aromatic rings. The highest BCUT2D eigenvalue weighted by Crippen LogP contribution is 2.60. The Kier molecular flexibility index (Phi) is 6.24. The summed E-state index contributed by atoms with van der Waals surface area (Å²) in [5, 5.41) is 16.8. The summed E-state index contributed by atoms with van der Waals surface area (Å²) in [4.78, 5) is 24.6. The van der Waals surface area contributed by atoms with Crippen LogP contribution < -0.4 is 20.1 Å². The molecule has 7 nitrogen and oxygen atoms in total. The SMILES string of the molecule is CC(C)(O)c1ccc(OCC(=O)NC23CC(NC(=O)COc4ccc(Cl)c(Cl)c4)(C2)C3)cc1. The number of aliphatic hydroxyl groups is 1. The van der Waals surface area contributed by atoms with Crippen LogP contribution in [0.5, 0.6) is 11.5 Å². The topological polar surface area (TPSA) is 96.9 Å². The summed E-state index contributed by atoms with van der Waals surface area (Å²) in [5.41, 5.74) is -0.716. The number of carbonyl (C=O) groups is 2. The fourth-order valence-corrected chi connectivity index (χ4v) is 4.83. The number of rotatable bonds is 9. The largest absolute Gasteiger partial charge is 0.484 e. The van der Waals surface area contributed by atoms with Gasteiger partial charge in [-0.2, -0.15) is 0 Å². The van der Waals surface area contributed by atoms with Crippen molar-refractivity contribution in [2.24, 2.45) is 0 Å². The summed E-state index contributed by atoms with van der Waals surface area (Å²) in [6.07, 6.45) is 2.06. The molecular weight excluding hydrogens is 467 g/mol. The Bertz CT molecular complexity index is 1050. The van der Waals surface area contributed by atoms with Crippen LogP contribution in [-0.4, -0.2) is 41.2 Å². The van der Waals surface area contributed by atoms with E-state index in [0.29, 0.717) is 40.8 Å². The van der Waals surface area contributed by atoms with E-state index in [1.165, 1.54) is 0 Å². The minimum absolute atomic E-state index is 0.0968. The van der Waals surface area contributed by atoms with Crippen molar-refractivity contribution < 1.29 is 24.2 Å². The number of hydrogen-bond acceptors (Lipinski definition) is 5. The van der Waals surface area contributed by atoms with E-state index in [9.17, 15) is 14.7 Å². The van der Waals surface area contributed by atoms with Crippen molar-refractivity contribution in [2.45, 2.75) is 49.8 Å². The van der Waals surface area contributed by atoms with Crippen molar-refractivity contribution in [3.05, 3.63) is 58.1 Å². The van der Waals surface area contributed by atoms with Gasteiger partial charge in [0.1, 0.15) is 11.5 Å². The van der Waals surface area contributed by atoms with Gasteiger partial charge in [0.25, 0.3) is 11.8 Å². The van der Waals surface area contributed by atoms with Gasteiger partial charge < -0.3 is 25.2 Å². The molecule has 9 heteroatoms. The highest BCUT2D eigenvalue weighted by Gasteiger charge is 2.69. The smallest absolute Gasteiger partial charge is 0.258 e. The zero-order valence-electron chi connectivity index (χ0n) is 18.4. The van der Waals surface area contributed by atoms with Crippen molar-refractivity contribution in [2.75, 3.05) is 13.2 Å². The molecule has 0 aliphatic heterocycles. The number of nitrogens with one attached hydrogen (secondary N) is 2. The number of amides is 2. The minimum atomic E-state index is -0.929. The maximum absolute atomic E-state index is 12.3. The Morgan fingerprint density at radius 3 is 1.85 bits per heavy atom. The second kappa shape index (κ2) is 8.70. The van der Waals surface area contributed by atoms with Crippen molar-refractivity contribution >= 4 is 35.0 Å². The first-order chi connectivity index (χ1) is 15.5. The summed E-state index contributed by atoms with van der Waals surface area (Å²) in [6, 6.07) is 11.8. The van der Waals surface area contributed by atoms with Gasteiger partial charge in [0.2, 0.25) is 0 Å². The highest BCUT2D eigenvalue weighted by molar-refractivity contribution is 6.42. The van der Waals surface area contributed by atoms with Crippen molar-refractivity contribution in [3.63, 3.8) is 0 Å². The van der Waals surface area contributed by atoms with E-state index in [-0.39, 0.29) is 36.1 Å². The predicted octanol–water partition coefficient (Wildman–Crippen LogP) is 3.59. The molecular formula is C24H26Cl2N2O5. The number of halogens is 2. The number of carbonyl (C=O) groups excluding carboxylic acids is 2. The van der Waals surface area contributed by atoms with Gasteiger partial charge in [-0.1, -0.05) is 35.3 Å². The van der Waals surface area contributed by atoms with Crippen LogP contribution in [0.4, 0.5) is 0 Å². The van der Waals surface area contributed by atoms with Gasteiger partial charge >= 0.3 is 0 Å². The molecule has 3 aliphatic rings. The van der Waals surface area contributed by atoms with E-state index in [2.05, 4.69) is 10.6 Å². The molecule has 3 N–H and O–H groups in total. The Morgan fingerprint density at radius 2 is 1.36 bits per heavy atom. The molecule has 3 fully saturated rings. The molecule has 0 radical (unpaired) electrons. The molecule has 0 heterocycles. The van der Waals surface area contributed by atoms with Crippen molar-refractivity contribution in [1.29, 1.82) is 0 Å². The van der Waals surface area contributed by atoms with E-state index >= 15 is 0 Å². The fourth-order valence-electron chi connectivity index (χ4n) is 4.54. The van der Waals surface area contributed by atoms with Gasteiger partial charge in [0, 0.05) is 17.1 Å². The lowest BCUT2D eigenvalue weighted by atomic mass is 9.44. The Labute approximate surface area is 202 Å². The van der Waals surface area contributed by atoms with E-state index in [0.717, 1.165) is 5.56 Å². The number of hydrogen-bond donors (Lipinski definition) is 3. The third-order valence-electron chi connectivity index (χ3n) is 6.03. The molecule has 33 heavy (non-hydrogen) atoms. The van der Waals surface area contributed by atoms with Crippen molar-refractivity contribution in [1.82, 2.24) is 10.6 Å². The Hall–Kier alpha value is -2.48. The lowest BCUT2D eigenvalue weighted by Crippen LogP contribution is -2.84. The van der Waals surface area contributed by atoms with E-state index in [1.807, 2.05) is 0 Å². The molecule has 3 aliphatic carbocycles. The predicted molar refractivity (Wildman–Crippen MR) is 125 cm³/mol. The molecule has 2 bridgehead atoms. The molecule has 0 spiro atoms. The van der Waals surface area contributed by atoms with E-state index in [1.54, 1.807) is 56.3 Å². The van der Waals surface area contributed by atoms with Gasteiger partial charge in [-0.15, -0.1) is 0 Å². The van der Waals surface area contributed by atoms with Gasteiger partial charge in [0.15, 0.2) is 13.2 Å². The van der Waals surface area contributed by atoms with Crippen LogP contribution in [0.25, 0.3) is 0 Å². The van der Waals surface area contributed by atoms with Crippen LogP contribution in [0, 0.1) is 0 Å². The molecule has 0 atom stereocenters. The quantitative estimate of drug-likeness (QED) is 0.496. The van der Waals surface area contributed by atoms with Gasteiger partial charge in [0.05, 0.1) is 15.6 Å². The fraction of sp³-hybridized carbons (Fsp3) is 0.417. The van der Waals surface area contributed by atoms with Crippen LogP contribution in [-0.2, 0) is 15.2 Å². The maximum Gasteiger partial charge on any atom is 0.258 e. The third kappa shape index (κ3) is 5.37. The number of benzene rings is 2. The number of ether oxygens (including phenoxy) is 2. The molecule has 2 aromatic carbocycles. The molecule has 0 unspecified atom stereocenters. The molecule has 5 rings (SSSR count). The third-order valence-corrected chi connectivity index (χ3v) is 6.77. The van der Waals surface area contributed by atoms with Crippen LogP contribution in [0.15, 0.2) is 42.5 Å². The van der Waals surface area contributed by atoms with Crippen LogP contribution in [0.3, 0.4) is 0 Å². The van der Waals surface area contributed by atoms with Crippen LogP contribution in [0.2, 0.25) is 10.0 Å². The average molecular weight is 493 g/mol. The first-order valence-electron chi connectivity index (χ1n) is 10.6. The zero-order valence-corrected chi connectivity index (χ0v) is 19.9.